The van der Waals surface area contributed by atoms with Gasteiger partial charge >= 0.3 is 0 Å². The normalized spacial score (nSPS) is 20.5. The zero-order chi connectivity index (χ0) is 18.3. The molecule has 0 radical (unpaired) electrons. The smallest absolute Gasteiger partial charge is 0.178 e. The molecular formula is C18H18ClF2N5. The second-order valence-electron chi connectivity index (χ2n) is 6.58. The summed E-state index contributed by atoms with van der Waals surface area (Å²) in [7, 11) is 0. The van der Waals surface area contributed by atoms with Gasteiger partial charge in [-0.25, -0.2) is 13.8 Å². The predicted molar refractivity (Wildman–Crippen MR) is 97.4 cm³/mol. The lowest BCUT2D eigenvalue weighted by Gasteiger charge is -2.31. The van der Waals surface area contributed by atoms with Gasteiger partial charge in [0.2, 0.25) is 0 Å². The van der Waals surface area contributed by atoms with Gasteiger partial charge in [-0.05, 0) is 43.6 Å². The van der Waals surface area contributed by atoms with Crippen molar-refractivity contribution in [2.45, 2.75) is 19.4 Å². The number of anilines is 1. The van der Waals surface area contributed by atoms with Gasteiger partial charge in [0.25, 0.3) is 0 Å². The van der Waals surface area contributed by atoms with E-state index in [0.717, 1.165) is 19.5 Å². The zero-order valence-corrected chi connectivity index (χ0v) is 14.9. The molecule has 1 aromatic carbocycles. The number of nitrogens with zero attached hydrogens (tertiary/aromatic N) is 3. The van der Waals surface area contributed by atoms with Crippen molar-refractivity contribution in [3.8, 4) is 11.3 Å². The Balaban J connectivity index is 1.84. The Labute approximate surface area is 154 Å². The fourth-order valence-corrected chi connectivity index (χ4v) is 3.51. The van der Waals surface area contributed by atoms with Gasteiger partial charge in [-0.1, -0.05) is 24.6 Å². The lowest BCUT2D eigenvalue weighted by atomic mass is 9.95. The lowest BCUT2D eigenvalue weighted by molar-refractivity contribution is 0.368. The Morgan fingerprint density at radius 3 is 2.81 bits per heavy atom. The molecule has 3 aromatic rings. The second-order valence-corrected chi connectivity index (χ2v) is 6.96. The van der Waals surface area contributed by atoms with E-state index in [0.29, 0.717) is 17.3 Å². The summed E-state index contributed by atoms with van der Waals surface area (Å²) in [6, 6.07) is 5.60. The van der Waals surface area contributed by atoms with Gasteiger partial charge < -0.3 is 10.6 Å². The topological polar surface area (TPSA) is 54.2 Å². The number of hydrogen-bond acceptors (Lipinski definition) is 4. The number of benzene rings is 1. The lowest BCUT2D eigenvalue weighted by Crippen LogP contribution is -2.42. The van der Waals surface area contributed by atoms with Crippen molar-refractivity contribution in [3.63, 3.8) is 0 Å². The molecule has 4 rings (SSSR count). The summed E-state index contributed by atoms with van der Waals surface area (Å²) in [5, 5.41) is 11.4. The maximum Gasteiger partial charge on any atom is 0.178 e. The fraction of sp³-hybridized carbons (Fsp3) is 0.333. The molecule has 1 aliphatic rings. The average Bonchev–Trinajstić information content (AvgIpc) is 2.98. The van der Waals surface area contributed by atoms with E-state index in [9.17, 15) is 8.78 Å². The maximum absolute atomic E-state index is 14.2. The third kappa shape index (κ3) is 3.01. The van der Waals surface area contributed by atoms with Crippen molar-refractivity contribution < 1.29 is 8.78 Å². The van der Waals surface area contributed by atoms with Crippen molar-refractivity contribution in [2.24, 2.45) is 5.92 Å². The highest BCUT2D eigenvalue weighted by Crippen LogP contribution is 2.30. The van der Waals surface area contributed by atoms with Crippen molar-refractivity contribution in [2.75, 3.05) is 18.4 Å². The Kier molecular flexibility index (Phi) is 4.50. The van der Waals surface area contributed by atoms with Crippen molar-refractivity contribution in [3.05, 3.63) is 47.2 Å². The molecule has 1 fully saturated rings. The number of fused-ring (bicyclic) bond motifs is 1. The Hall–Kier alpha value is -2.25. The number of halogens is 3. The summed E-state index contributed by atoms with van der Waals surface area (Å²) in [4.78, 5) is 4.29. The standard InChI is InChI=1S/C18H18ClF2N5/c1-10-8-22-6-5-13(10)24-15-7-14(17-11(20)3-2-4-12(17)21)25-26-16(19)9-23-18(15)26/h2-4,7,9-10,13,22,24H,5-6,8H2,1H3. The largest absolute Gasteiger partial charge is 0.379 e. The molecule has 1 aliphatic heterocycles. The molecule has 0 aliphatic carbocycles. The average molecular weight is 378 g/mol. The summed E-state index contributed by atoms with van der Waals surface area (Å²) in [6.45, 7) is 3.97. The zero-order valence-electron chi connectivity index (χ0n) is 14.1. The van der Waals surface area contributed by atoms with Crippen LogP contribution in [-0.4, -0.2) is 33.7 Å². The van der Waals surface area contributed by atoms with Crippen molar-refractivity contribution in [1.29, 1.82) is 0 Å². The molecule has 0 amide bonds. The second kappa shape index (κ2) is 6.81. The highest BCUT2D eigenvalue weighted by atomic mass is 35.5. The highest BCUT2D eigenvalue weighted by molar-refractivity contribution is 6.29. The number of rotatable bonds is 3. The van der Waals surface area contributed by atoms with E-state index in [1.165, 1.54) is 28.9 Å². The summed E-state index contributed by atoms with van der Waals surface area (Å²) >= 11 is 6.17. The molecule has 2 aromatic heterocycles. The van der Waals surface area contributed by atoms with Crippen LogP contribution < -0.4 is 10.6 Å². The summed E-state index contributed by atoms with van der Waals surface area (Å²) in [6.07, 6.45) is 2.41. The van der Waals surface area contributed by atoms with Crippen LogP contribution in [0, 0.1) is 17.6 Å². The molecule has 26 heavy (non-hydrogen) atoms. The Morgan fingerprint density at radius 2 is 2.08 bits per heavy atom. The fourth-order valence-electron chi connectivity index (χ4n) is 3.34. The third-order valence-corrected chi connectivity index (χ3v) is 5.03. The molecule has 3 heterocycles. The van der Waals surface area contributed by atoms with Gasteiger partial charge in [0, 0.05) is 6.04 Å². The Bertz CT molecular complexity index is 938. The molecule has 0 bridgehead atoms. The van der Waals surface area contributed by atoms with Crippen molar-refractivity contribution in [1.82, 2.24) is 19.9 Å². The number of nitrogens with one attached hydrogen (secondary N) is 2. The Morgan fingerprint density at radius 1 is 1.31 bits per heavy atom. The minimum absolute atomic E-state index is 0.164. The van der Waals surface area contributed by atoms with E-state index in [-0.39, 0.29) is 22.5 Å². The number of hydrogen-bond donors (Lipinski definition) is 2. The van der Waals surface area contributed by atoms with Gasteiger partial charge in [-0.3, -0.25) is 0 Å². The first-order valence-electron chi connectivity index (χ1n) is 8.50. The molecular weight excluding hydrogens is 360 g/mol. The first-order valence-corrected chi connectivity index (χ1v) is 8.88. The molecule has 2 N–H and O–H groups in total. The van der Waals surface area contributed by atoms with Gasteiger partial charge in [0.15, 0.2) is 10.8 Å². The molecule has 2 unspecified atom stereocenters. The number of imidazole rings is 1. The molecule has 1 saturated heterocycles. The van der Waals surface area contributed by atoms with E-state index >= 15 is 0 Å². The van der Waals surface area contributed by atoms with Crippen LogP contribution >= 0.6 is 11.6 Å². The molecule has 5 nitrogen and oxygen atoms in total. The molecule has 2 atom stereocenters. The quantitative estimate of drug-likeness (QED) is 0.730. The molecule has 0 spiro atoms. The van der Waals surface area contributed by atoms with Gasteiger partial charge in [0.05, 0.1) is 23.1 Å². The number of aromatic nitrogens is 3. The minimum Gasteiger partial charge on any atom is -0.379 e. The SMILES string of the molecule is CC1CNCCC1Nc1cc(-c2c(F)cccc2F)nn2c(Cl)cnc12. The van der Waals surface area contributed by atoms with E-state index in [1.807, 2.05) is 0 Å². The van der Waals surface area contributed by atoms with Gasteiger partial charge in [-0.2, -0.15) is 9.61 Å². The van der Waals surface area contributed by atoms with E-state index in [2.05, 4.69) is 27.6 Å². The van der Waals surface area contributed by atoms with Crippen molar-refractivity contribution >= 4 is 22.9 Å². The van der Waals surface area contributed by atoms with Crippen LogP contribution in [0.3, 0.4) is 0 Å². The van der Waals surface area contributed by atoms with Crippen LogP contribution in [0.1, 0.15) is 13.3 Å². The third-order valence-electron chi connectivity index (χ3n) is 4.77. The van der Waals surface area contributed by atoms with Gasteiger partial charge in [0.1, 0.15) is 11.6 Å². The molecule has 8 heteroatoms. The van der Waals surface area contributed by atoms with Crippen LogP contribution in [0.4, 0.5) is 14.5 Å². The summed E-state index contributed by atoms with van der Waals surface area (Å²) in [5.41, 5.74) is 1.17. The summed E-state index contributed by atoms with van der Waals surface area (Å²) in [5.74, 6) is -0.945. The highest BCUT2D eigenvalue weighted by Gasteiger charge is 2.23. The van der Waals surface area contributed by atoms with Crippen LogP contribution in [-0.2, 0) is 0 Å². The minimum atomic E-state index is -0.672. The van der Waals surface area contributed by atoms with E-state index in [4.69, 9.17) is 11.6 Å². The first-order chi connectivity index (χ1) is 12.5. The van der Waals surface area contributed by atoms with Crippen LogP contribution in [0.25, 0.3) is 16.9 Å². The summed E-state index contributed by atoms with van der Waals surface area (Å²) < 4.78 is 29.9. The van der Waals surface area contributed by atoms with Crippen LogP contribution in [0.5, 0.6) is 0 Å². The molecule has 0 saturated carbocycles. The van der Waals surface area contributed by atoms with Crippen LogP contribution in [0.15, 0.2) is 30.5 Å². The van der Waals surface area contributed by atoms with Crippen LogP contribution in [0.2, 0.25) is 5.15 Å². The predicted octanol–water partition coefficient (Wildman–Crippen LogP) is 3.74. The maximum atomic E-state index is 14.2. The number of piperidine rings is 1. The van der Waals surface area contributed by atoms with E-state index in [1.54, 1.807) is 6.07 Å². The molecule has 136 valence electrons. The van der Waals surface area contributed by atoms with E-state index < -0.39 is 11.6 Å². The first kappa shape index (κ1) is 17.2. The monoisotopic (exact) mass is 377 g/mol. The van der Waals surface area contributed by atoms with Gasteiger partial charge in [-0.15, -0.1) is 0 Å².